The Balaban J connectivity index is 1.33. The molecule has 1 unspecified atom stereocenters. The van der Waals surface area contributed by atoms with Gasteiger partial charge in [-0.15, -0.1) is 0 Å². The van der Waals surface area contributed by atoms with E-state index in [-0.39, 0.29) is 6.61 Å². The van der Waals surface area contributed by atoms with E-state index in [2.05, 4.69) is 34.6 Å². The van der Waals surface area contributed by atoms with Crippen molar-refractivity contribution in [1.29, 1.82) is 0 Å². The summed E-state index contributed by atoms with van der Waals surface area (Å²) < 4.78 is 25.4. The summed E-state index contributed by atoms with van der Waals surface area (Å²) >= 11 is 0. The molecule has 3 N–H and O–H groups in total. The molecule has 2 fully saturated rings. The van der Waals surface area contributed by atoms with Crippen LogP contribution in [0.1, 0.15) is 42.2 Å². The van der Waals surface area contributed by atoms with Gasteiger partial charge in [0.1, 0.15) is 35.9 Å². The highest BCUT2D eigenvalue weighted by Gasteiger charge is 2.47. The fourth-order valence-corrected chi connectivity index (χ4v) is 6.47. The van der Waals surface area contributed by atoms with Crippen LogP contribution in [0.3, 0.4) is 0 Å². The molecule has 2 saturated heterocycles. The van der Waals surface area contributed by atoms with Crippen molar-refractivity contribution in [1.82, 2.24) is 19.5 Å². The number of aliphatic hydroxyl groups excluding tert-OH is 2. The lowest BCUT2D eigenvalue weighted by molar-refractivity contribution is -0.215. The predicted octanol–water partition coefficient (Wildman–Crippen LogP) is 4.40. The zero-order valence-corrected chi connectivity index (χ0v) is 25.5. The van der Waals surface area contributed by atoms with Crippen molar-refractivity contribution in [2.24, 2.45) is 0 Å². The van der Waals surface area contributed by atoms with Gasteiger partial charge >= 0.3 is 0 Å². The molecular weight excluding hydrogens is 586 g/mol. The van der Waals surface area contributed by atoms with Crippen molar-refractivity contribution >= 4 is 17.0 Å². The predicted molar refractivity (Wildman–Crippen MR) is 170 cm³/mol. The number of hydrogen-bond acceptors (Lipinski definition) is 10. The summed E-state index contributed by atoms with van der Waals surface area (Å²) in [6, 6.07) is 28.3. The Morgan fingerprint density at radius 2 is 1.61 bits per heavy atom. The fraction of sp³-hybridized carbons (Fsp3) is 0.343. The maximum Gasteiger partial charge on any atom is 0.167 e. The number of benzene rings is 3. The van der Waals surface area contributed by atoms with Gasteiger partial charge in [0.15, 0.2) is 29.5 Å². The molecular formula is C35H37N5O6. The van der Waals surface area contributed by atoms with Crippen LogP contribution in [0.2, 0.25) is 0 Å². The molecule has 11 heteroatoms. The maximum absolute atomic E-state index is 11.1. The second-order valence-corrected chi connectivity index (χ2v) is 11.5. The van der Waals surface area contributed by atoms with Gasteiger partial charge in [0.25, 0.3) is 0 Å². The van der Waals surface area contributed by atoms with Crippen LogP contribution in [0, 0.1) is 0 Å². The van der Waals surface area contributed by atoms with E-state index < -0.39 is 36.4 Å². The summed E-state index contributed by atoms with van der Waals surface area (Å²) in [5, 5.41) is 24.9. The highest BCUT2D eigenvalue weighted by atomic mass is 16.7. The highest BCUT2D eigenvalue weighted by molar-refractivity contribution is 5.84. The average Bonchev–Trinajstić information content (AvgIpc) is 3.69. The number of ether oxygens (including phenoxy) is 4. The molecule has 0 amide bonds. The van der Waals surface area contributed by atoms with Crippen molar-refractivity contribution in [3.05, 3.63) is 114 Å². The normalized spacial score (nSPS) is 23.4. The van der Waals surface area contributed by atoms with Gasteiger partial charge in [-0.1, -0.05) is 72.8 Å². The summed E-state index contributed by atoms with van der Waals surface area (Å²) in [7, 11) is 1.65. The number of aromatic nitrogens is 4. The minimum atomic E-state index is -1.07. The Morgan fingerprint density at radius 1 is 0.913 bits per heavy atom. The number of aliphatic hydroxyl groups is 2. The topological polar surface area (TPSA) is 133 Å². The maximum atomic E-state index is 11.1. The van der Waals surface area contributed by atoms with Gasteiger partial charge < -0.3 is 34.5 Å². The number of methoxy groups -OCH3 is 1. The van der Waals surface area contributed by atoms with E-state index in [0.29, 0.717) is 30.0 Å². The Kier molecular flexibility index (Phi) is 8.65. The van der Waals surface area contributed by atoms with Crippen LogP contribution in [0.5, 0.6) is 5.75 Å². The minimum absolute atomic E-state index is 0.365. The molecule has 2 aromatic heterocycles. The Morgan fingerprint density at radius 3 is 2.24 bits per heavy atom. The zero-order valence-electron chi connectivity index (χ0n) is 25.5. The van der Waals surface area contributed by atoms with Gasteiger partial charge in [-0.2, -0.15) is 0 Å². The lowest BCUT2D eigenvalue weighted by Gasteiger charge is -2.37. The first kappa shape index (κ1) is 30.3. The quantitative estimate of drug-likeness (QED) is 0.192. The molecule has 2 aliphatic heterocycles. The van der Waals surface area contributed by atoms with Crippen LogP contribution in [-0.4, -0.2) is 74.7 Å². The third kappa shape index (κ3) is 5.50. The van der Waals surface area contributed by atoms with Gasteiger partial charge in [-0.25, -0.2) is 15.0 Å². The third-order valence-corrected chi connectivity index (χ3v) is 8.82. The van der Waals surface area contributed by atoms with Crippen LogP contribution in [0.25, 0.3) is 11.2 Å². The molecule has 238 valence electrons. The molecule has 5 atom stereocenters. The van der Waals surface area contributed by atoms with E-state index in [1.807, 2.05) is 60.7 Å². The van der Waals surface area contributed by atoms with E-state index >= 15 is 0 Å². The van der Waals surface area contributed by atoms with Crippen molar-refractivity contribution in [3.63, 3.8) is 0 Å². The van der Waals surface area contributed by atoms with Crippen LogP contribution in [0.15, 0.2) is 97.6 Å². The number of nitrogens with zero attached hydrogens (tertiary/aromatic N) is 4. The molecule has 46 heavy (non-hydrogen) atoms. The zero-order chi connectivity index (χ0) is 31.5. The van der Waals surface area contributed by atoms with E-state index in [4.69, 9.17) is 28.9 Å². The van der Waals surface area contributed by atoms with Gasteiger partial charge in [0.05, 0.1) is 20.0 Å². The van der Waals surface area contributed by atoms with E-state index in [0.717, 1.165) is 35.3 Å². The smallest absolute Gasteiger partial charge is 0.167 e. The van der Waals surface area contributed by atoms with Gasteiger partial charge in [-0.3, -0.25) is 4.57 Å². The lowest BCUT2D eigenvalue weighted by Crippen LogP contribution is -2.39. The molecule has 0 saturated carbocycles. The number of nitrogens with one attached hydrogen (secondary N) is 1. The van der Waals surface area contributed by atoms with E-state index in [1.54, 1.807) is 18.0 Å². The average molecular weight is 624 g/mol. The van der Waals surface area contributed by atoms with Crippen molar-refractivity contribution in [2.75, 3.05) is 25.6 Å². The molecule has 0 bridgehead atoms. The standard InChI is InChI=1S/C35H37N5O6/c1-43-26-17-15-25(16-18-26)35(23-10-4-2-5-11-23,24-12-6-3-7-13-24)39-32-29-33(37-21-36-32)40(22-38-29)34-31(30(42)27(20-41)45-34)46-28-14-8-9-19-44-28/h2-7,10-13,15-18,21-22,27-28,30-31,34,41-42H,8-9,14,19-20H2,1H3,(H,36,37,39)/t27-,28?,30-,31-,34-/m1/s1. The van der Waals surface area contributed by atoms with Crippen LogP contribution in [-0.2, 0) is 19.7 Å². The van der Waals surface area contributed by atoms with Crippen LogP contribution < -0.4 is 10.1 Å². The highest BCUT2D eigenvalue weighted by Crippen LogP contribution is 2.42. The number of fused-ring (bicyclic) bond motifs is 1. The molecule has 5 aromatic rings. The van der Waals surface area contributed by atoms with Crippen molar-refractivity contribution < 1.29 is 29.2 Å². The first-order valence-corrected chi connectivity index (χ1v) is 15.5. The molecule has 0 aliphatic carbocycles. The summed E-state index contributed by atoms with van der Waals surface area (Å²) in [6.07, 6.45) is 1.74. The molecule has 0 radical (unpaired) electrons. The number of hydrogen-bond donors (Lipinski definition) is 3. The van der Waals surface area contributed by atoms with Crippen molar-refractivity contribution in [3.8, 4) is 5.75 Å². The number of anilines is 1. The summed E-state index contributed by atoms with van der Waals surface area (Å²) in [5.41, 5.74) is 3.05. The first-order chi connectivity index (χ1) is 22.6. The lowest BCUT2D eigenvalue weighted by atomic mass is 9.77. The van der Waals surface area contributed by atoms with Crippen LogP contribution >= 0.6 is 0 Å². The van der Waals surface area contributed by atoms with Gasteiger partial charge in [0, 0.05) is 6.61 Å². The van der Waals surface area contributed by atoms with E-state index in [1.165, 1.54) is 6.33 Å². The van der Waals surface area contributed by atoms with Crippen molar-refractivity contribution in [2.45, 2.75) is 55.6 Å². The Hall–Kier alpha value is -4.39. The minimum Gasteiger partial charge on any atom is -0.497 e. The molecule has 4 heterocycles. The monoisotopic (exact) mass is 623 g/mol. The second kappa shape index (κ2) is 13.1. The molecule has 3 aromatic carbocycles. The fourth-order valence-electron chi connectivity index (χ4n) is 6.47. The van der Waals surface area contributed by atoms with Gasteiger partial charge in [-0.05, 0) is 48.1 Å². The van der Waals surface area contributed by atoms with Crippen LogP contribution in [0.4, 0.5) is 5.82 Å². The Bertz CT molecular complexity index is 1690. The molecule has 11 nitrogen and oxygen atoms in total. The second-order valence-electron chi connectivity index (χ2n) is 11.5. The largest absolute Gasteiger partial charge is 0.497 e. The molecule has 0 spiro atoms. The number of rotatable bonds is 10. The summed E-state index contributed by atoms with van der Waals surface area (Å²) in [5.74, 6) is 1.25. The molecule has 7 rings (SSSR count). The van der Waals surface area contributed by atoms with E-state index in [9.17, 15) is 10.2 Å². The summed E-state index contributed by atoms with van der Waals surface area (Å²) in [4.78, 5) is 14.1. The van der Waals surface area contributed by atoms with Gasteiger partial charge in [0.2, 0.25) is 0 Å². The number of imidazole rings is 1. The third-order valence-electron chi connectivity index (χ3n) is 8.82. The summed E-state index contributed by atoms with van der Waals surface area (Å²) in [6.45, 7) is 0.230. The SMILES string of the molecule is COc1ccc(C(Nc2ncnc3c2ncn3[C@@H]2O[C@H](CO)[C@@H](O)[C@H]2OC2CCCCO2)(c2ccccc2)c2ccccc2)cc1. The Labute approximate surface area is 266 Å². The molecule has 2 aliphatic rings. The first-order valence-electron chi connectivity index (χ1n) is 15.5.